The molecular formula is C14H16N4O2. The molecule has 0 bridgehead atoms. The first-order chi connectivity index (χ1) is 9.77. The highest BCUT2D eigenvalue weighted by molar-refractivity contribution is 5.54. The predicted molar refractivity (Wildman–Crippen MR) is 70.6 cm³/mol. The molecule has 2 heterocycles. The van der Waals surface area contributed by atoms with E-state index in [4.69, 9.17) is 14.5 Å². The lowest BCUT2D eigenvalue weighted by atomic mass is 10.0. The van der Waals surface area contributed by atoms with Crippen molar-refractivity contribution >= 4 is 0 Å². The Morgan fingerprint density at radius 3 is 2.95 bits per heavy atom. The first kappa shape index (κ1) is 12.9. The van der Waals surface area contributed by atoms with Crippen molar-refractivity contribution in [1.29, 1.82) is 5.26 Å². The highest BCUT2D eigenvalue weighted by Gasteiger charge is 2.40. The Morgan fingerprint density at radius 1 is 1.50 bits per heavy atom. The van der Waals surface area contributed by atoms with E-state index in [1.165, 1.54) is 0 Å². The van der Waals surface area contributed by atoms with Crippen LogP contribution in [0.4, 0.5) is 0 Å². The fourth-order valence-electron chi connectivity index (χ4n) is 2.76. The molecule has 0 saturated heterocycles. The number of hydrogen-bond acceptors (Lipinski definition) is 5. The van der Waals surface area contributed by atoms with Gasteiger partial charge in [0.05, 0.1) is 5.56 Å². The molecule has 1 fully saturated rings. The highest BCUT2D eigenvalue weighted by Crippen LogP contribution is 2.41. The fraction of sp³-hybridized carbons (Fsp3) is 0.500. The van der Waals surface area contributed by atoms with E-state index >= 15 is 0 Å². The molecule has 20 heavy (non-hydrogen) atoms. The summed E-state index contributed by atoms with van der Waals surface area (Å²) in [7, 11) is 0. The van der Waals surface area contributed by atoms with E-state index in [0.29, 0.717) is 24.0 Å². The van der Waals surface area contributed by atoms with Gasteiger partial charge in [0.25, 0.3) is 5.89 Å². The van der Waals surface area contributed by atoms with Crippen molar-refractivity contribution in [3.05, 3.63) is 23.8 Å². The van der Waals surface area contributed by atoms with Crippen LogP contribution in [0.1, 0.15) is 44.1 Å². The van der Waals surface area contributed by atoms with Crippen LogP contribution in [0.15, 0.2) is 16.8 Å². The van der Waals surface area contributed by atoms with Crippen LogP contribution in [0.5, 0.6) is 0 Å². The molecule has 6 nitrogen and oxygen atoms in total. The van der Waals surface area contributed by atoms with Crippen molar-refractivity contribution in [2.45, 2.75) is 38.2 Å². The number of aromatic nitrogens is 3. The second-order valence-electron chi connectivity index (χ2n) is 4.97. The van der Waals surface area contributed by atoms with Crippen LogP contribution >= 0.6 is 0 Å². The van der Waals surface area contributed by atoms with E-state index in [-0.39, 0.29) is 0 Å². The third-order valence-electron chi connectivity index (χ3n) is 3.72. The third kappa shape index (κ3) is 2.10. The summed E-state index contributed by atoms with van der Waals surface area (Å²) in [6.45, 7) is 2.61. The molecule has 1 aliphatic rings. The summed E-state index contributed by atoms with van der Waals surface area (Å²) in [5, 5.41) is 12.9. The topological polar surface area (TPSA) is 87.7 Å². The lowest BCUT2D eigenvalue weighted by molar-refractivity contribution is -0.0469. The molecule has 0 amide bonds. The van der Waals surface area contributed by atoms with Gasteiger partial charge in [-0.1, -0.05) is 5.16 Å². The Morgan fingerprint density at radius 2 is 2.30 bits per heavy atom. The normalized spacial score (nSPS) is 17.2. The van der Waals surface area contributed by atoms with E-state index in [2.05, 4.69) is 15.1 Å². The monoisotopic (exact) mass is 272 g/mol. The van der Waals surface area contributed by atoms with Gasteiger partial charge >= 0.3 is 0 Å². The summed E-state index contributed by atoms with van der Waals surface area (Å²) in [5.74, 6) is 1.04. The average molecular weight is 272 g/mol. The molecule has 0 spiro atoms. The van der Waals surface area contributed by atoms with Gasteiger partial charge in [-0.15, -0.1) is 0 Å². The molecule has 0 unspecified atom stereocenters. The van der Waals surface area contributed by atoms with Crippen molar-refractivity contribution < 1.29 is 9.26 Å². The maximum atomic E-state index is 8.82. The van der Waals surface area contributed by atoms with Gasteiger partial charge in [0.1, 0.15) is 17.4 Å². The SMILES string of the molecule is CCOC1(c2noc(-c3c[nH]c(C#N)c3)n2)CCCC1. The largest absolute Gasteiger partial charge is 0.367 e. The van der Waals surface area contributed by atoms with Crippen molar-refractivity contribution in [2.75, 3.05) is 6.61 Å². The first-order valence-electron chi connectivity index (χ1n) is 6.84. The van der Waals surface area contributed by atoms with Crippen LogP contribution in [0.25, 0.3) is 11.5 Å². The minimum Gasteiger partial charge on any atom is -0.367 e. The summed E-state index contributed by atoms with van der Waals surface area (Å²) < 4.78 is 11.2. The molecular weight excluding hydrogens is 256 g/mol. The Bertz CT molecular complexity index is 632. The molecule has 1 N–H and O–H groups in total. The fourth-order valence-corrected chi connectivity index (χ4v) is 2.76. The number of H-pyrrole nitrogens is 1. The van der Waals surface area contributed by atoms with Gasteiger partial charge in [-0.3, -0.25) is 0 Å². The number of ether oxygens (including phenoxy) is 1. The smallest absolute Gasteiger partial charge is 0.259 e. The zero-order valence-electron chi connectivity index (χ0n) is 11.3. The summed E-state index contributed by atoms with van der Waals surface area (Å²) >= 11 is 0. The number of nitrogens with one attached hydrogen (secondary N) is 1. The van der Waals surface area contributed by atoms with Gasteiger partial charge in [0, 0.05) is 12.8 Å². The highest BCUT2D eigenvalue weighted by atomic mass is 16.5. The van der Waals surface area contributed by atoms with Gasteiger partial charge in [-0.05, 0) is 38.7 Å². The Kier molecular flexibility index (Phi) is 3.28. The molecule has 1 saturated carbocycles. The maximum Gasteiger partial charge on any atom is 0.259 e. The number of aromatic amines is 1. The number of rotatable bonds is 4. The van der Waals surface area contributed by atoms with E-state index in [9.17, 15) is 0 Å². The van der Waals surface area contributed by atoms with Crippen LogP contribution in [0.2, 0.25) is 0 Å². The van der Waals surface area contributed by atoms with E-state index in [0.717, 1.165) is 31.2 Å². The predicted octanol–water partition coefficient (Wildman–Crippen LogP) is 2.74. The van der Waals surface area contributed by atoms with Crippen LogP contribution < -0.4 is 0 Å². The molecule has 2 aromatic rings. The van der Waals surface area contributed by atoms with Gasteiger partial charge < -0.3 is 14.2 Å². The van der Waals surface area contributed by atoms with Gasteiger partial charge in [-0.2, -0.15) is 10.2 Å². The van der Waals surface area contributed by atoms with Crippen LogP contribution in [0, 0.1) is 11.3 Å². The Labute approximate surface area is 116 Å². The molecule has 2 aromatic heterocycles. The molecule has 0 aromatic carbocycles. The van der Waals surface area contributed by atoms with Gasteiger partial charge in [0.15, 0.2) is 0 Å². The molecule has 6 heteroatoms. The minimum atomic E-state index is -0.398. The van der Waals surface area contributed by atoms with Crippen molar-refractivity contribution in [1.82, 2.24) is 15.1 Å². The van der Waals surface area contributed by atoms with E-state index < -0.39 is 5.60 Å². The zero-order valence-corrected chi connectivity index (χ0v) is 11.3. The molecule has 3 rings (SSSR count). The Balaban J connectivity index is 1.91. The second-order valence-corrected chi connectivity index (χ2v) is 4.97. The second kappa shape index (κ2) is 5.10. The van der Waals surface area contributed by atoms with Crippen LogP contribution in [0.3, 0.4) is 0 Å². The van der Waals surface area contributed by atoms with Crippen molar-refractivity contribution in [3.63, 3.8) is 0 Å². The van der Waals surface area contributed by atoms with Crippen molar-refractivity contribution in [3.8, 4) is 17.5 Å². The van der Waals surface area contributed by atoms with Gasteiger partial charge in [0.2, 0.25) is 5.82 Å². The average Bonchev–Trinajstić information content (AvgIpc) is 3.19. The lowest BCUT2D eigenvalue weighted by Crippen LogP contribution is -2.27. The Hall–Kier alpha value is -2.13. The minimum absolute atomic E-state index is 0.398. The van der Waals surface area contributed by atoms with E-state index in [1.807, 2.05) is 13.0 Å². The number of hydrogen-bond donors (Lipinski definition) is 1. The number of nitriles is 1. The standard InChI is InChI=1S/C14H16N4O2/c1-2-19-14(5-3-4-6-14)13-17-12(20-18-13)10-7-11(8-15)16-9-10/h7,9,16H,2-6H2,1H3. The first-order valence-corrected chi connectivity index (χ1v) is 6.84. The summed E-state index contributed by atoms with van der Waals surface area (Å²) in [6.07, 6.45) is 5.78. The van der Waals surface area contributed by atoms with Crippen molar-refractivity contribution in [2.24, 2.45) is 0 Å². The molecule has 1 aliphatic carbocycles. The molecule has 0 atom stereocenters. The molecule has 0 aliphatic heterocycles. The summed E-state index contributed by atoms with van der Waals surface area (Å²) in [4.78, 5) is 7.32. The molecule has 0 radical (unpaired) electrons. The van der Waals surface area contributed by atoms with Gasteiger partial charge in [-0.25, -0.2) is 0 Å². The summed E-state index contributed by atoms with van der Waals surface area (Å²) in [6, 6.07) is 3.73. The zero-order chi connectivity index (χ0) is 14.0. The van der Waals surface area contributed by atoms with Crippen LogP contribution in [-0.4, -0.2) is 21.7 Å². The lowest BCUT2D eigenvalue weighted by Gasteiger charge is -2.24. The molecule has 104 valence electrons. The number of nitrogens with zero attached hydrogens (tertiary/aromatic N) is 3. The summed E-state index contributed by atoms with van der Waals surface area (Å²) in [5.41, 5.74) is 0.801. The maximum absolute atomic E-state index is 8.82. The quantitative estimate of drug-likeness (QED) is 0.924. The van der Waals surface area contributed by atoms with Crippen LogP contribution in [-0.2, 0) is 10.3 Å². The van der Waals surface area contributed by atoms with E-state index in [1.54, 1.807) is 12.3 Å². The third-order valence-corrected chi connectivity index (χ3v) is 3.72.